The van der Waals surface area contributed by atoms with E-state index < -0.39 is 14.5 Å². The minimum atomic E-state index is -2.36. The number of hydrogen-bond acceptors (Lipinski definition) is 2. The molecule has 0 N–H and O–H groups in total. The highest BCUT2D eigenvalue weighted by atomic mass is 31.2. The lowest BCUT2D eigenvalue weighted by molar-refractivity contribution is 0.956. The Bertz CT molecular complexity index is 1760. The number of hydrogen-bond donors (Lipinski definition) is 0. The maximum Gasteiger partial charge on any atom is 0.305 e. The van der Waals surface area contributed by atoms with Crippen LogP contribution in [0.5, 0.6) is 0 Å². The Hall–Kier alpha value is -4.16. The molecule has 1 aromatic heterocycles. The number of aromatic nitrogens is 2. The van der Waals surface area contributed by atoms with Crippen molar-refractivity contribution in [2.75, 3.05) is 12.3 Å². The largest absolute Gasteiger partial charge is 0.305 e. The Morgan fingerprint density at radius 2 is 0.854 bits per heavy atom. The molecule has 2 heterocycles. The Morgan fingerprint density at radius 1 is 0.488 bits per heavy atom. The van der Waals surface area contributed by atoms with Crippen LogP contribution < -0.4 is 37.5 Å². The fourth-order valence-corrected chi connectivity index (χ4v) is 17.1. The van der Waals surface area contributed by atoms with Crippen LogP contribution in [0.15, 0.2) is 163 Å². The van der Waals surface area contributed by atoms with Gasteiger partial charge in [0.05, 0.1) is 5.69 Å². The lowest BCUT2D eigenvalue weighted by atomic mass is 10.3. The van der Waals surface area contributed by atoms with Crippen LogP contribution in [0.25, 0.3) is 5.69 Å². The summed E-state index contributed by atoms with van der Waals surface area (Å²) >= 11 is 0. The molecule has 198 valence electrons. The van der Waals surface area contributed by atoms with Gasteiger partial charge in [-0.3, -0.25) is 9.36 Å². The second kappa shape index (κ2) is 10.7. The molecule has 6 aromatic rings. The second-order valence-corrected chi connectivity index (χ2v) is 17.4. The van der Waals surface area contributed by atoms with E-state index in [0.29, 0.717) is 0 Å². The van der Waals surface area contributed by atoms with Gasteiger partial charge < -0.3 is 0 Å². The fraction of sp³-hybridized carbons (Fsp3) is 0.0556. The van der Waals surface area contributed by atoms with Gasteiger partial charge in [0.25, 0.3) is 0 Å². The number of fused-ring (bicyclic) bond motifs is 1. The van der Waals surface area contributed by atoms with Crippen LogP contribution in [0.3, 0.4) is 0 Å². The van der Waals surface area contributed by atoms with Crippen LogP contribution in [0.2, 0.25) is 0 Å². The van der Waals surface area contributed by atoms with Crippen LogP contribution in [0.1, 0.15) is 0 Å². The third-order valence-electron chi connectivity index (χ3n) is 8.27. The van der Waals surface area contributed by atoms with Gasteiger partial charge in [-0.05, 0) is 60.7 Å². The first-order valence-electron chi connectivity index (χ1n) is 13.9. The van der Waals surface area contributed by atoms with Gasteiger partial charge in [-0.1, -0.05) is 91.0 Å². The number of nitrogens with zero attached hydrogens (tertiary/aromatic N) is 2. The molecule has 7 rings (SSSR count). The zero-order valence-electron chi connectivity index (χ0n) is 22.6. The first-order chi connectivity index (χ1) is 20.2. The van der Waals surface area contributed by atoms with Gasteiger partial charge in [0.15, 0.2) is 0 Å². The van der Waals surface area contributed by atoms with Crippen LogP contribution in [-0.2, 0) is 0 Å². The monoisotopic (exact) mass is 568 g/mol. The zero-order valence-corrected chi connectivity index (χ0v) is 24.4. The normalized spacial score (nSPS) is 15.1. The molecule has 0 amide bonds. The smallest absolute Gasteiger partial charge is 0.264 e. The van der Waals surface area contributed by atoms with Crippen LogP contribution in [0, 0.1) is 0 Å². The summed E-state index contributed by atoms with van der Waals surface area (Å²) in [5, 5.41) is 5.91. The highest BCUT2D eigenvalue weighted by Gasteiger charge is 2.64. The van der Waals surface area contributed by atoms with Gasteiger partial charge in [0.2, 0.25) is 10.7 Å². The Balaban J connectivity index is 1.65. The lowest BCUT2D eigenvalue weighted by Gasteiger charge is -2.37. The zero-order chi connectivity index (χ0) is 27.7. The Labute approximate surface area is 241 Å². The molecule has 41 heavy (non-hydrogen) atoms. The van der Waals surface area contributed by atoms with Crippen molar-refractivity contribution in [3.05, 3.63) is 168 Å². The minimum Gasteiger partial charge on any atom is -0.264 e. The third kappa shape index (κ3) is 4.12. The van der Waals surface area contributed by atoms with Crippen molar-refractivity contribution >= 4 is 46.5 Å². The van der Waals surface area contributed by atoms with Gasteiger partial charge in [0.1, 0.15) is 54.4 Å². The van der Waals surface area contributed by atoms with Crippen molar-refractivity contribution in [2.45, 2.75) is 0 Å². The van der Waals surface area contributed by atoms with Gasteiger partial charge >= 0.3 is 5.56 Å². The summed E-state index contributed by atoms with van der Waals surface area (Å²) in [6, 6.07) is 52.9. The summed E-state index contributed by atoms with van der Waals surface area (Å²) in [6.45, 7) is 0. The van der Waals surface area contributed by atoms with E-state index in [1.807, 2.05) is 30.3 Å². The second-order valence-electron chi connectivity index (χ2n) is 10.3. The van der Waals surface area contributed by atoms with Crippen molar-refractivity contribution in [3.63, 3.8) is 0 Å². The molecule has 0 atom stereocenters. The van der Waals surface area contributed by atoms with Crippen LogP contribution in [-0.4, -0.2) is 21.9 Å². The molecule has 0 saturated heterocycles. The molecule has 0 saturated carbocycles. The Morgan fingerprint density at radius 3 is 1.29 bits per heavy atom. The molecule has 0 unspecified atom stereocenters. The standard InChI is InChI=1S/C36H30N2OP2/c39-36-34-35(37-28-38(36)29-16-6-1-7-17-29)41(32-22-12-4-13-23-32,33-24-14-5-15-25-33)27-26-40(34,30-18-8-2-9-19-30)31-20-10-3-11-21-31/h1-25,28H,26-27H2/q+2. The van der Waals surface area contributed by atoms with Crippen molar-refractivity contribution in [1.29, 1.82) is 0 Å². The SMILES string of the molecule is O=c1c2c(ncn1-c1ccccc1)[P+](c1ccccc1)(c1ccccc1)CC[P+]2(c1ccccc1)c1ccccc1. The van der Waals surface area contributed by atoms with E-state index in [9.17, 15) is 0 Å². The molecule has 5 heteroatoms. The van der Waals surface area contributed by atoms with Gasteiger partial charge in [-0.2, -0.15) is 4.98 Å². The van der Waals surface area contributed by atoms with Gasteiger partial charge in [0, 0.05) is 0 Å². The quantitative estimate of drug-likeness (QED) is 0.279. The first kappa shape index (κ1) is 25.8. The fourth-order valence-electron chi connectivity index (χ4n) is 6.39. The van der Waals surface area contributed by atoms with Crippen LogP contribution >= 0.6 is 14.5 Å². The maximum atomic E-state index is 15.1. The molecule has 0 aliphatic carbocycles. The summed E-state index contributed by atoms with van der Waals surface area (Å²) in [6.07, 6.45) is 3.63. The Kier molecular flexibility index (Phi) is 6.71. The van der Waals surface area contributed by atoms with Crippen molar-refractivity contribution in [2.24, 2.45) is 0 Å². The third-order valence-corrected chi connectivity index (χ3v) is 17.5. The van der Waals surface area contributed by atoms with Crippen molar-refractivity contribution < 1.29 is 0 Å². The molecule has 0 bridgehead atoms. The molecule has 0 radical (unpaired) electrons. The molecule has 0 fully saturated rings. The summed E-state index contributed by atoms with van der Waals surface area (Å²) in [7, 11) is -4.60. The number of benzene rings is 5. The predicted molar refractivity (Wildman–Crippen MR) is 177 cm³/mol. The molecular formula is C36H30N2OP2+2. The molecule has 1 aliphatic rings. The summed E-state index contributed by atoms with van der Waals surface area (Å²) in [4.78, 5) is 20.4. The van der Waals surface area contributed by atoms with E-state index in [2.05, 4.69) is 121 Å². The molecular weight excluding hydrogens is 538 g/mol. The van der Waals surface area contributed by atoms with Crippen molar-refractivity contribution in [3.8, 4) is 5.69 Å². The van der Waals surface area contributed by atoms with Gasteiger partial charge in [-0.15, -0.1) is 0 Å². The average Bonchev–Trinajstić information content (AvgIpc) is 3.06. The lowest BCUT2D eigenvalue weighted by Crippen LogP contribution is -2.58. The molecule has 5 aromatic carbocycles. The summed E-state index contributed by atoms with van der Waals surface area (Å²) in [5.41, 5.74) is 1.86. The van der Waals surface area contributed by atoms with Crippen LogP contribution in [0.4, 0.5) is 0 Å². The van der Waals surface area contributed by atoms with E-state index >= 15 is 4.79 Å². The van der Waals surface area contributed by atoms with E-state index in [0.717, 1.165) is 28.8 Å². The number of para-hydroxylation sites is 1. The number of rotatable bonds is 5. The average molecular weight is 569 g/mol. The predicted octanol–water partition coefficient (Wildman–Crippen LogP) is 4.83. The van der Waals surface area contributed by atoms with E-state index in [1.54, 1.807) is 10.9 Å². The molecule has 1 aliphatic heterocycles. The minimum absolute atomic E-state index is 0.0400. The maximum absolute atomic E-state index is 15.1. The molecule has 3 nitrogen and oxygen atoms in total. The van der Waals surface area contributed by atoms with Gasteiger partial charge in [-0.25, -0.2) is 0 Å². The van der Waals surface area contributed by atoms with Crippen molar-refractivity contribution in [1.82, 2.24) is 9.55 Å². The van der Waals surface area contributed by atoms with E-state index in [1.165, 1.54) is 21.2 Å². The topological polar surface area (TPSA) is 34.9 Å². The first-order valence-corrected chi connectivity index (χ1v) is 17.9. The highest BCUT2D eigenvalue weighted by molar-refractivity contribution is 8.03. The summed E-state index contributed by atoms with van der Waals surface area (Å²) < 4.78 is 1.76. The summed E-state index contributed by atoms with van der Waals surface area (Å²) in [5.74, 6) is 0. The molecule has 0 spiro atoms. The van der Waals surface area contributed by atoms with E-state index in [-0.39, 0.29) is 5.56 Å². The highest BCUT2D eigenvalue weighted by Crippen LogP contribution is 2.66. The van der Waals surface area contributed by atoms with E-state index in [4.69, 9.17) is 4.98 Å².